The molecule has 2 rings (SSSR count). The van der Waals surface area contributed by atoms with Crippen molar-refractivity contribution in [1.29, 1.82) is 0 Å². The molecule has 0 spiro atoms. The number of ether oxygens (including phenoxy) is 2. The molecule has 1 aromatic rings. The number of amides is 1. The summed E-state index contributed by atoms with van der Waals surface area (Å²) in [7, 11) is 1.43. The minimum atomic E-state index is -0.476. The fourth-order valence-electron chi connectivity index (χ4n) is 2.67. The van der Waals surface area contributed by atoms with Gasteiger partial charge in [-0.25, -0.2) is 4.79 Å². The quantitative estimate of drug-likeness (QED) is 0.414. The number of piperazine rings is 1. The van der Waals surface area contributed by atoms with Crippen molar-refractivity contribution in [3.8, 4) is 5.75 Å². The molecular weight excluding hydrogens is 370 g/mol. The molecule has 1 saturated heterocycles. The Bertz CT molecular complexity index is 669. The summed E-state index contributed by atoms with van der Waals surface area (Å²) in [5, 5.41) is 10.9. The van der Waals surface area contributed by atoms with E-state index < -0.39 is 10.5 Å². The average Bonchev–Trinajstić information content (AvgIpc) is 2.60. The van der Waals surface area contributed by atoms with Crippen LogP contribution in [0.3, 0.4) is 0 Å². The summed E-state index contributed by atoms with van der Waals surface area (Å²) in [6.07, 6.45) is -0.255. The molecule has 1 fully saturated rings. The third-order valence-electron chi connectivity index (χ3n) is 4.05. The second-order valence-corrected chi connectivity index (χ2v) is 8.42. The standard InChI is InChI=1S/C18H27N3O5S/c1-18(2,3)26-17(22)20-9-7-19(8-10-20)11-12-27-14-5-6-15(21(23)24)16(13-14)25-4/h5-6,13H,7-12H2,1-4H3. The van der Waals surface area contributed by atoms with E-state index in [2.05, 4.69) is 4.90 Å². The highest BCUT2D eigenvalue weighted by Crippen LogP contribution is 2.31. The number of benzene rings is 1. The van der Waals surface area contributed by atoms with Crippen LogP contribution in [0.15, 0.2) is 23.1 Å². The predicted octanol–water partition coefficient (Wildman–Crippen LogP) is 3.25. The first-order chi connectivity index (χ1) is 12.7. The van der Waals surface area contributed by atoms with Gasteiger partial charge in [0.1, 0.15) is 5.60 Å². The highest BCUT2D eigenvalue weighted by Gasteiger charge is 2.25. The number of nitrogens with zero attached hydrogens (tertiary/aromatic N) is 3. The van der Waals surface area contributed by atoms with Crippen molar-refractivity contribution in [3.63, 3.8) is 0 Å². The van der Waals surface area contributed by atoms with E-state index in [4.69, 9.17) is 9.47 Å². The maximum Gasteiger partial charge on any atom is 0.410 e. The molecule has 0 atom stereocenters. The first-order valence-electron chi connectivity index (χ1n) is 8.85. The number of methoxy groups -OCH3 is 1. The summed E-state index contributed by atoms with van der Waals surface area (Å²) in [6, 6.07) is 4.91. The Balaban J connectivity index is 1.76. The summed E-state index contributed by atoms with van der Waals surface area (Å²) >= 11 is 1.63. The minimum absolute atomic E-state index is 0.0277. The van der Waals surface area contributed by atoms with Crippen molar-refractivity contribution < 1.29 is 19.2 Å². The van der Waals surface area contributed by atoms with Crippen molar-refractivity contribution in [3.05, 3.63) is 28.3 Å². The highest BCUT2D eigenvalue weighted by atomic mass is 32.2. The fourth-order valence-corrected chi connectivity index (χ4v) is 3.61. The molecule has 0 aliphatic carbocycles. The van der Waals surface area contributed by atoms with Crippen LogP contribution >= 0.6 is 11.8 Å². The van der Waals surface area contributed by atoms with Crippen LogP contribution in [0, 0.1) is 10.1 Å². The largest absolute Gasteiger partial charge is 0.490 e. The zero-order valence-electron chi connectivity index (χ0n) is 16.3. The van der Waals surface area contributed by atoms with Crippen LogP contribution < -0.4 is 4.74 Å². The number of hydrogen-bond acceptors (Lipinski definition) is 7. The molecule has 0 bridgehead atoms. The Morgan fingerprint density at radius 2 is 1.93 bits per heavy atom. The number of carbonyl (C=O) groups is 1. The van der Waals surface area contributed by atoms with E-state index in [0.717, 1.165) is 30.3 Å². The summed E-state index contributed by atoms with van der Waals surface area (Å²) < 4.78 is 10.5. The molecule has 1 aliphatic rings. The lowest BCUT2D eigenvalue weighted by atomic mass is 10.2. The first-order valence-corrected chi connectivity index (χ1v) is 9.83. The van der Waals surface area contributed by atoms with Crippen LogP contribution in [0.1, 0.15) is 20.8 Å². The van der Waals surface area contributed by atoms with E-state index in [1.807, 2.05) is 20.8 Å². The van der Waals surface area contributed by atoms with E-state index >= 15 is 0 Å². The lowest BCUT2D eigenvalue weighted by molar-refractivity contribution is -0.385. The summed E-state index contributed by atoms with van der Waals surface area (Å²) in [5.41, 5.74) is -0.503. The molecule has 0 radical (unpaired) electrons. The average molecular weight is 397 g/mol. The molecule has 0 saturated carbocycles. The van der Waals surface area contributed by atoms with E-state index in [-0.39, 0.29) is 17.5 Å². The molecule has 1 amide bonds. The van der Waals surface area contributed by atoms with E-state index in [9.17, 15) is 14.9 Å². The fraction of sp³-hybridized carbons (Fsp3) is 0.611. The second-order valence-electron chi connectivity index (χ2n) is 7.25. The molecule has 1 aliphatic heterocycles. The van der Waals surface area contributed by atoms with E-state index in [1.54, 1.807) is 28.8 Å². The number of nitro benzene ring substituents is 1. The van der Waals surface area contributed by atoms with Gasteiger partial charge in [-0.3, -0.25) is 15.0 Å². The van der Waals surface area contributed by atoms with Gasteiger partial charge >= 0.3 is 11.8 Å². The van der Waals surface area contributed by atoms with E-state index in [0.29, 0.717) is 13.1 Å². The lowest BCUT2D eigenvalue weighted by Gasteiger charge is -2.35. The van der Waals surface area contributed by atoms with Gasteiger partial charge in [-0.2, -0.15) is 0 Å². The Labute approximate surface area is 163 Å². The third-order valence-corrected chi connectivity index (χ3v) is 5.02. The van der Waals surface area contributed by atoms with Crippen molar-refractivity contribution in [2.45, 2.75) is 31.3 Å². The minimum Gasteiger partial charge on any atom is -0.490 e. The highest BCUT2D eigenvalue weighted by molar-refractivity contribution is 7.99. The van der Waals surface area contributed by atoms with Crippen LogP contribution in [0.4, 0.5) is 10.5 Å². The van der Waals surface area contributed by atoms with Gasteiger partial charge in [0.2, 0.25) is 0 Å². The van der Waals surface area contributed by atoms with Crippen molar-refractivity contribution in [2.24, 2.45) is 0 Å². The normalized spacial score (nSPS) is 15.5. The molecule has 8 nitrogen and oxygen atoms in total. The molecule has 27 heavy (non-hydrogen) atoms. The topological polar surface area (TPSA) is 85.2 Å². The maximum atomic E-state index is 12.1. The van der Waals surface area contributed by atoms with Gasteiger partial charge in [0, 0.05) is 55.5 Å². The Hall–Kier alpha value is -2.00. The number of nitro groups is 1. The van der Waals surface area contributed by atoms with Crippen LogP contribution in [-0.4, -0.2) is 72.0 Å². The third kappa shape index (κ3) is 6.59. The zero-order valence-corrected chi connectivity index (χ0v) is 17.1. The zero-order chi connectivity index (χ0) is 20.0. The molecule has 1 aromatic carbocycles. The Morgan fingerprint density at radius 3 is 2.48 bits per heavy atom. The number of hydrogen-bond donors (Lipinski definition) is 0. The van der Waals surface area contributed by atoms with Crippen LogP contribution in [-0.2, 0) is 4.74 Å². The molecule has 9 heteroatoms. The van der Waals surface area contributed by atoms with Gasteiger partial charge < -0.3 is 14.4 Å². The first kappa shape index (κ1) is 21.3. The number of carbonyl (C=O) groups excluding carboxylic acids is 1. The van der Waals surface area contributed by atoms with Gasteiger partial charge in [-0.15, -0.1) is 11.8 Å². The van der Waals surface area contributed by atoms with E-state index in [1.165, 1.54) is 13.2 Å². The monoisotopic (exact) mass is 397 g/mol. The molecule has 0 aromatic heterocycles. The molecular formula is C18H27N3O5S. The lowest BCUT2D eigenvalue weighted by Crippen LogP contribution is -2.50. The van der Waals surface area contributed by atoms with Crippen LogP contribution in [0.2, 0.25) is 0 Å². The second kappa shape index (κ2) is 9.27. The summed E-state index contributed by atoms with van der Waals surface area (Å²) in [5.74, 6) is 1.13. The van der Waals surface area contributed by atoms with Crippen LogP contribution in [0.25, 0.3) is 0 Å². The van der Waals surface area contributed by atoms with Crippen molar-refractivity contribution >= 4 is 23.5 Å². The van der Waals surface area contributed by atoms with Gasteiger partial charge in [0.25, 0.3) is 0 Å². The summed E-state index contributed by atoms with van der Waals surface area (Å²) in [6.45, 7) is 9.41. The number of rotatable bonds is 6. The predicted molar refractivity (Wildman–Crippen MR) is 105 cm³/mol. The van der Waals surface area contributed by atoms with Gasteiger partial charge in [-0.05, 0) is 26.8 Å². The molecule has 1 heterocycles. The van der Waals surface area contributed by atoms with Crippen molar-refractivity contribution in [1.82, 2.24) is 9.80 Å². The van der Waals surface area contributed by atoms with Gasteiger partial charge in [0.15, 0.2) is 5.75 Å². The molecule has 0 N–H and O–H groups in total. The number of thioether (sulfide) groups is 1. The maximum absolute atomic E-state index is 12.1. The SMILES string of the molecule is COc1cc(SCCN2CCN(C(=O)OC(C)(C)C)CC2)ccc1[N+](=O)[O-]. The molecule has 150 valence electrons. The summed E-state index contributed by atoms with van der Waals surface area (Å²) in [4.78, 5) is 27.6. The van der Waals surface area contributed by atoms with Gasteiger partial charge in [-0.1, -0.05) is 0 Å². The Kier molecular flexibility index (Phi) is 7.32. The smallest absolute Gasteiger partial charge is 0.410 e. The molecule has 0 unspecified atom stereocenters. The van der Waals surface area contributed by atoms with Crippen molar-refractivity contribution in [2.75, 3.05) is 45.6 Å². The van der Waals surface area contributed by atoms with Crippen LogP contribution in [0.5, 0.6) is 5.75 Å². The van der Waals surface area contributed by atoms with Gasteiger partial charge in [0.05, 0.1) is 12.0 Å². The Morgan fingerprint density at radius 1 is 1.26 bits per heavy atom.